The number of nitrogens with two attached hydrogens (primary N) is 1. The number of rotatable bonds is 6. The summed E-state index contributed by atoms with van der Waals surface area (Å²) in [5, 5.41) is 16.3. The van der Waals surface area contributed by atoms with Crippen molar-refractivity contribution >= 4 is 28.6 Å². The fourth-order valence-electron chi connectivity index (χ4n) is 1.93. The van der Waals surface area contributed by atoms with Gasteiger partial charge >= 0.3 is 0 Å². The Balaban J connectivity index is 2.07. The van der Waals surface area contributed by atoms with E-state index >= 15 is 0 Å². The number of nitro benzene ring substituents is 1. The van der Waals surface area contributed by atoms with Gasteiger partial charge in [0.15, 0.2) is 0 Å². The molecule has 0 fully saturated rings. The third kappa shape index (κ3) is 4.09. The molecule has 1 amide bonds. The minimum Gasteiger partial charge on any atom is -0.330 e. The van der Waals surface area contributed by atoms with E-state index in [2.05, 4.69) is 10.3 Å². The molecule has 0 aliphatic rings. The van der Waals surface area contributed by atoms with Gasteiger partial charge in [-0.15, -0.1) is 11.3 Å². The fourth-order valence-corrected chi connectivity index (χ4v) is 2.74. The third-order valence-electron chi connectivity index (χ3n) is 2.92. The van der Waals surface area contributed by atoms with Crippen molar-refractivity contribution in [1.82, 2.24) is 4.98 Å². The van der Waals surface area contributed by atoms with Crippen LogP contribution in [-0.2, 0) is 17.6 Å². The topological polar surface area (TPSA) is 111 Å². The minimum absolute atomic E-state index is 0.0755. The van der Waals surface area contributed by atoms with E-state index in [4.69, 9.17) is 5.73 Å². The number of aromatic nitrogens is 1. The van der Waals surface area contributed by atoms with Crippen molar-refractivity contribution in [2.24, 2.45) is 5.73 Å². The number of carbonyl (C=O) groups excluding carboxylic acids is 1. The average molecular weight is 320 g/mol. The third-order valence-corrected chi connectivity index (χ3v) is 3.88. The highest BCUT2D eigenvalue weighted by Gasteiger charge is 2.16. The molecule has 7 nitrogen and oxygen atoms in total. The van der Waals surface area contributed by atoms with Crippen LogP contribution >= 0.6 is 11.3 Å². The van der Waals surface area contributed by atoms with Crippen molar-refractivity contribution in [2.75, 3.05) is 11.9 Å². The summed E-state index contributed by atoms with van der Waals surface area (Å²) in [5.41, 5.74) is 6.93. The molecule has 0 saturated heterocycles. The molecule has 0 aliphatic heterocycles. The number of aryl methyl sites for hydroxylation is 1. The Morgan fingerprint density at radius 2 is 2.27 bits per heavy atom. The minimum atomic E-state index is -0.509. The lowest BCUT2D eigenvalue weighted by Crippen LogP contribution is -2.15. The van der Waals surface area contributed by atoms with Gasteiger partial charge in [0.1, 0.15) is 5.69 Å². The van der Waals surface area contributed by atoms with Crippen LogP contribution in [0.2, 0.25) is 0 Å². The Bertz CT molecular complexity index is 699. The largest absolute Gasteiger partial charge is 0.330 e. The van der Waals surface area contributed by atoms with Crippen LogP contribution in [0.25, 0.3) is 0 Å². The summed E-state index contributed by atoms with van der Waals surface area (Å²) in [6, 6.07) is 4.68. The van der Waals surface area contributed by atoms with Crippen LogP contribution in [0.15, 0.2) is 23.6 Å². The van der Waals surface area contributed by atoms with Gasteiger partial charge < -0.3 is 11.1 Å². The van der Waals surface area contributed by atoms with Gasteiger partial charge in [-0.25, -0.2) is 4.98 Å². The molecule has 0 atom stereocenters. The summed E-state index contributed by atoms with van der Waals surface area (Å²) < 4.78 is 0. The molecule has 22 heavy (non-hydrogen) atoms. The van der Waals surface area contributed by atoms with Crippen LogP contribution in [0.4, 0.5) is 11.4 Å². The zero-order valence-electron chi connectivity index (χ0n) is 12.0. The molecule has 2 rings (SSSR count). The van der Waals surface area contributed by atoms with Gasteiger partial charge in [-0.05, 0) is 25.1 Å². The summed E-state index contributed by atoms with van der Waals surface area (Å²) in [5.74, 6) is -0.337. The van der Waals surface area contributed by atoms with Crippen molar-refractivity contribution in [1.29, 1.82) is 0 Å². The van der Waals surface area contributed by atoms with Gasteiger partial charge in [-0.2, -0.15) is 0 Å². The summed E-state index contributed by atoms with van der Waals surface area (Å²) in [6.07, 6.45) is 0.752. The maximum absolute atomic E-state index is 12.0. The molecule has 1 aromatic carbocycles. The summed E-state index contributed by atoms with van der Waals surface area (Å²) in [6.45, 7) is 2.27. The zero-order valence-corrected chi connectivity index (χ0v) is 12.9. The Kier molecular flexibility index (Phi) is 5.18. The van der Waals surface area contributed by atoms with Crippen LogP contribution in [0, 0.1) is 17.0 Å². The number of thiazole rings is 1. The first kappa shape index (κ1) is 16.1. The predicted molar refractivity (Wildman–Crippen MR) is 85.0 cm³/mol. The molecule has 0 aliphatic carbocycles. The van der Waals surface area contributed by atoms with E-state index in [1.807, 2.05) is 0 Å². The standard InChI is InChI=1S/C14H16N4O3S/c1-9-2-3-11(12(6-9)18(20)21)17-13(19)7-10-8-22-14(16-10)4-5-15/h2-3,6,8H,4-5,7,15H2,1H3,(H,17,19). The molecular formula is C14H16N4O3S. The van der Waals surface area contributed by atoms with Crippen LogP contribution < -0.4 is 11.1 Å². The molecule has 0 unspecified atom stereocenters. The number of nitrogens with one attached hydrogen (secondary N) is 1. The summed E-state index contributed by atoms with van der Waals surface area (Å²) in [7, 11) is 0. The van der Waals surface area contributed by atoms with Crippen molar-refractivity contribution in [2.45, 2.75) is 19.8 Å². The number of amides is 1. The van der Waals surface area contributed by atoms with E-state index in [0.29, 0.717) is 18.7 Å². The normalized spacial score (nSPS) is 10.5. The number of carbonyl (C=O) groups is 1. The molecule has 0 radical (unpaired) electrons. The van der Waals surface area contributed by atoms with Crippen molar-refractivity contribution < 1.29 is 9.72 Å². The fraction of sp³-hybridized carbons (Fsp3) is 0.286. The molecule has 116 valence electrons. The molecule has 0 spiro atoms. The predicted octanol–water partition coefficient (Wildman–Crippen LogP) is 2.04. The van der Waals surface area contributed by atoms with E-state index in [1.54, 1.807) is 18.4 Å². The first-order valence-corrected chi connectivity index (χ1v) is 7.56. The number of anilines is 1. The first-order chi connectivity index (χ1) is 10.5. The van der Waals surface area contributed by atoms with Crippen LogP contribution in [0.1, 0.15) is 16.3 Å². The molecule has 1 heterocycles. The maximum atomic E-state index is 12.0. The van der Waals surface area contributed by atoms with Crippen molar-refractivity contribution in [3.8, 4) is 0 Å². The van der Waals surface area contributed by atoms with Crippen molar-refractivity contribution in [3.63, 3.8) is 0 Å². The van der Waals surface area contributed by atoms with E-state index in [9.17, 15) is 14.9 Å². The molecule has 8 heteroatoms. The van der Waals surface area contributed by atoms with Gasteiger partial charge in [-0.3, -0.25) is 14.9 Å². The highest BCUT2D eigenvalue weighted by molar-refractivity contribution is 7.09. The highest BCUT2D eigenvalue weighted by atomic mass is 32.1. The van der Waals surface area contributed by atoms with Gasteiger partial charge in [0, 0.05) is 17.9 Å². The van der Waals surface area contributed by atoms with E-state index in [0.717, 1.165) is 10.6 Å². The maximum Gasteiger partial charge on any atom is 0.293 e. The molecule has 0 bridgehead atoms. The molecule has 0 saturated carbocycles. The Morgan fingerprint density at radius 1 is 1.50 bits per heavy atom. The Hall–Kier alpha value is -2.32. The molecule has 3 N–H and O–H groups in total. The number of nitrogens with zero attached hydrogens (tertiary/aromatic N) is 2. The second-order valence-electron chi connectivity index (χ2n) is 4.77. The van der Waals surface area contributed by atoms with Crippen LogP contribution in [0.3, 0.4) is 0 Å². The molecular weight excluding hydrogens is 304 g/mol. The second-order valence-corrected chi connectivity index (χ2v) is 5.72. The van der Waals surface area contributed by atoms with Gasteiger partial charge in [0.25, 0.3) is 5.69 Å². The highest BCUT2D eigenvalue weighted by Crippen LogP contribution is 2.25. The number of benzene rings is 1. The number of nitro groups is 1. The molecule has 2 aromatic rings. The lowest BCUT2D eigenvalue weighted by molar-refractivity contribution is -0.384. The zero-order chi connectivity index (χ0) is 16.1. The second kappa shape index (κ2) is 7.10. The summed E-state index contributed by atoms with van der Waals surface area (Å²) >= 11 is 1.45. The lowest BCUT2D eigenvalue weighted by Gasteiger charge is -2.05. The Morgan fingerprint density at radius 3 is 2.95 bits per heavy atom. The summed E-state index contributed by atoms with van der Waals surface area (Å²) in [4.78, 5) is 26.8. The van der Waals surface area contributed by atoms with Gasteiger partial charge in [0.2, 0.25) is 5.91 Å². The van der Waals surface area contributed by atoms with Gasteiger partial charge in [0.05, 0.1) is 22.0 Å². The van der Waals surface area contributed by atoms with Gasteiger partial charge in [-0.1, -0.05) is 6.07 Å². The van der Waals surface area contributed by atoms with Crippen LogP contribution in [0.5, 0.6) is 0 Å². The average Bonchev–Trinajstić information content (AvgIpc) is 2.88. The Labute approximate surface area is 131 Å². The van der Waals surface area contributed by atoms with E-state index < -0.39 is 4.92 Å². The first-order valence-electron chi connectivity index (χ1n) is 6.68. The van der Waals surface area contributed by atoms with E-state index in [-0.39, 0.29) is 23.7 Å². The smallest absolute Gasteiger partial charge is 0.293 e. The SMILES string of the molecule is Cc1ccc(NC(=O)Cc2csc(CCN)n2)c([N+](=O)[O-])c1. The molecule has 1 aromatic heterocycles. The van der Waals surface area contributed by atoms with Crippen molar-refractivity contribution in [3.05, 3.63) is 50.0 Å². The monoisotopic (exact) mass is 320 g/mol. The van der Waals surface area contributed by atoms with E-state index in [1.165, 1.54) is 23.5 Å². The number of hydrogen-bond donors (Lipinski definition) is 2. The lowest BCUT2D eigenvalue weighted by atomic mass is 10.2. The van der Waals surface area contributed by atoms with Crippen LogP contribution in [-0.4, -0.2) is 22.4 Å². The quantitative estimate of drug-likeness (QED) is 0.625. The number of hydrogen-bond acceptors (Lipinski definition) is 6.